The van der Waals surface area contributed by atoms with Crippen LogP contribution in [-0.2, 0) is 9.84 Å². The number of hydrogen-bond donors (Lipinski definition) is 1. The summed E-state index contributed by atoms with van der Waals surface area (Å²) in [5, 5.41) is 3.62. The molecule has 2 heterocycles. The molecule has 0 aliphatic carbocycles. The summed E-state index contributed by atoms with van der Waals surface area (Å²) in [5.74, 6) is 1.44. The molecule has 1 aromatic carbocycles. The molecule has 0 saturated carbocycles. The van der Waals surface area contributed by atoms with Gasteiger partial charge in [-0.15, -0.1) is 0 Å². The molecule has 2 aromatic heterocycles. The Balaban J connectivity index is 1.87. The average Bonchev–Trinajstić information content (AvgIpc) is 3.04. The van der Waals surface area contributed by atoms with Gasteiger partial charge in [0.05, 0.1) is 17.7 Å². The van der Waals surface area contributed by atoms with Gasteiger partial charge in [-0.25, -0.2) is 23.4 Å². The van der Waals surface area contributed by atoms with Crippen LogP contribution in [0.3, 0.4) is 0 Å². The number of halogens is 1. The van der Waals surface area contributed by atoms with Gasteiger partial charge in [-0.05, 0) is 32.0 Å². The van der Waals surface area contributed by atoms with E-state index in [2.05, 4.69) is 20.3 Å². The molecule has 0 amide bonds. The second kappa shape index (κ2) is 7.56. The largest absolute Gasteiger partial charge is 0.494 e. The third kappa shape index (κ3) is 4.12. The summed E-state index contributed by atoms with van der Waals surface area (Å²) in [6, 6.07) is 7.92. The maximum absolute atomic E-state index is 12.8. The number of ether oxygens (including phenoxy) is 1. The van der Waals surface area contributed by atoms with Crippen molar-refractivity contribution >= 4 is 43.7 Å². The second-order valence-corrected chi connectivity index (χ2v) is 8.74. The first-order valence-corrected chi connectivity index (χ1v) is 10.3. The zero-order chi connectivity index (χ0) is 18.7. The normalized spacial score (nSPS) is 11.3. The van der Waals surface area contributed by atoms with Gasteiger partial charge in [0.15, 0.2) is 5.13 Å². The van der Waals surface area contributed by atoms with Gasteiger partial charge in [0.2, 0.25) is 9.84 Å². The topological polar surface area (TPSA) is 94.1 Å². The minimum Gasteiger partial charge on any atom is -0.494 e. The van der Waals surface area contributed by atoms with E-state index in [1.807, 2.05) is 6.92 Å². The zero-order valence-electron chi connectivity index (χ0n) is 13.9. The number of sulfone groups is 1. The van der Waals surface area contributed by atoms with Crippen molar-refractivity contribution in [2.24, 2.45) is 0 Å². The SMILES string of the molecule is CCOc1cccc(S(=O)(=O)c2cnc(Nc3cc(Cl)nc(C)n3)s2)c1. The second-order valence-electron chi connectivity index (χ2n) is 5.14. The van der Waals surface area contributed by atoms with Gasteiger partial charge in [-0.2, -0.15) is 0 Å². The molecule has 3 aromatic rings. The molecule has 0 atom stereocenters. The highest BCUT2D eigenvalue weighted by Gasteiger charge is 2.22. The quantitative estimate of drug-likeness (QED) is 0.616. The van der Waals surface area contributed by atoms with E-state index in [1.54, 1.807) is 19.1 Å². The molecule has 7 nitrogen and oxygen atoms in total. The van der Waals surface area contributed by atoms with Crippen LogP contribution in [0, 0.1) is 6.92 Å². The Hall–Kier alpha value is -2.23. The van der Waals surface area contributed by atoms with Gasteiger partial charge >= 0.3 is 0 Å². The fourth-order valence-electron chi connectivity index (χ4n) is 2.16. The molecular weight excluding hydrogens is 396 g/mol. The van der Waals surface area contributed by atoms with Crippen LogP contribution in [0.5, 0.6) is 5.75 Å². The van der Waals surface area contributed by atoms with Crippen LogP contribution in [0.1, 0.15) is 12.7 Å². The molecule has 0 aliphatic rings. The smallest absolute Gasteiger partial charge is 0.217 e. The third-order valence-corrected chi connectivity index (χ3v) is 6.54. The predicted octanol–water partition coefficient (Wildman–Crippen LogP) is 3.87. The van der Waals surface area contributed by atoms with Crippen LogP contribution in [-0.4, -0.2) is 30.0 Å². The molecule has 26 heavy (non-hydrogen) atoms. The summed E-state index contributed by atoms with van der Waals surface area (Å²) < 4.78 is 31.1. The number of anilines is 2. The third-order valence-electron chi connectivity index (χ3n) is 3.22. The minimum absolute atomic E-state index is 0.116. The lowest BCUT2D eigenvalue weighted by molar-refractivity contribution is 0.339. The first-order valence-electron chi connectivity index (χ1n) is 7.60. The van der Waals surface area contributed by atoms with Crippen molar-refractivity contribution in [3.63, 3.8) is 0 Å². The van der Waals surface area contributed by atoms with Crippen molar-refractivity contribution in [2.75, 3.05) is 11.9 Å². The lowest BCUT2D eigenvalue weighted by Gasteiger charge is -2.06. The number of nitrogens with one attached hydrogen (secondary N) is 1. The molecule has 10 heteroatoms. The molecule has 3 rings (SSSR count). The molecule has 136 valence electrons. The lowest BCUT2D eigenvalue weighted by atomic mass is 10.3. The van der Waals surface area contributed by atoms with E-state index < -0.39 is 9.84 Å². The van der Waals surface area contributed by atoms with Gasteiger partial charge in [-0.3, -0.25) is 0 Å². The van der Waals surface area contributed by atoms with E-state index in [9.17, 15) is 8.42 Å². The predicted molar refractivity (Wildman–Crippen MR) is 100 cm³/mol. The maximum Gasteiger partial charge on any atom is 0.217 e. The van der Waals surface area contributed by atoms with Gasteiger partial charge in [-0.1, -0.05) is 29.0 Å². The first-order chi connectivity index (χ1) is 12.4. The number of benzene rings is 1. The van der Waals surface area contributed by atoms with Gasteiger partial charge in [0.1, 0.15) is 26.8 Å². The van der Waals surface area contributed by atoms with Crippen molar-refractivity contribution in [3.05, 3.63) is 47.5 Å². The molecular formula is C16H15ClN4O3S2. The Morgan fingerprint density at radius 2 is 2.08 bits per heavy atom. The van der Waals surface area contributed by atoms with Gasteiger partial charge in [0.25, 0.3) is 0 Å². The minimum atomic E-state index is -3.69. The zero-order valence-corrected chi connectivity index (χ0v) is 16.3. The standard InChI is InChI=1S/C16H15ClN4O3S2/c1-3-24-11-5-4-6-12(7-11)26(22,23)15-9-18-16(25-15)21-14-8-13(17)19-10(2)20-14/h4-9H,3H2,1-2H3,(H,18,19,20,21). The molecule has 0 spiro atoms. The van der Waals surface area contributed by atoms with Crippen molar-refractivity contribution in [1.82, 2.24) is 15.0 Å². The number of nitrogens with zero attached hydrogens (tertiary/aromatic N) is 3. The monoisotopic (exact) mass is 410 g/mol. The molecule has 0 unspecified atom stereocenters. The molecule has 0 fully saturated rings. The fourth-order valence-corrected chi connectivity index (χ4v) is 4.86. The highest BCUT2D eigenvalue weighted by molar-refractivity contribution is 7.93. The Morgan fingerprint density at radius 3 is 2.81 bits per heavy atom. The number of hydrogen-bond acceptors (Lipinski definition) is 8. The van der Waals surface area contributed by atoms with Crippen molar-refractivity contribution < 1.29 is 13.2 Å². The van der Waals surface area contributed by atoms with Gasteiger partial charge in [0, 0.05) is 6.07 Å². The molecule has 1 N–H and O–H groups in total. The Morgan fingerprint density at radius 1 is 1.27 bits per heavy atom. The summed E-state index contributed by atoms with van der Waals surface area (Å²) >= 11 is 6.90. The number of aromatic nitrogens is 3. The Labute approximate surface area is 160 Å². The van der Waals surface area contributed by atoms with E-state index in [-0.39, 0.29) is 14.3 Å². The van der Waals surface area contributed by atoms with E-state index in [0.29, 0.717) is 29.1 Å². The van der Waals surface area contributed by atoms with Crippen LogP contribution in [0.15, 0.2) is 45.6 Å². The summed E-state index contributed by atoms with van der Waals surface area (Å²) in [6.45, 7) is 4.00. The van der Waals surface area contributed by atoms with E-state index in [4.69, 9.17) is 16.3 Å². The van der Waals surface area contributed by atoms with E-state index in [1.165, 1.54) is 24.4 Å². The highest BCUT2D eigenvalue weighted by Crippen LogP contribution is 2.31. The summed E-state index contributed by atoms with van der Waals surface area (Å²) in [5.41, 5.74) is 0. The molecule has 0 saturated heterocycles. The van der Waals surface area contributed by atoms with E-state index >= 15 is 0 Å². The summed E-state index contributed by atoms with van der Waals surface area (Å²) in [6.07, 6.45) is 1.31. The molecule has 0 radical (unpaired) electrons. The van der Waals surface area contributed by atoms with Crippen molar-refractivity contribution in [2.45, 2.75) is 23.0 Å². The van der Waals surface area contributed by atoms with E-state index in [0.717, 1.165) is 11.3 Å². The Kier molecular flexibility index (Phi) is 5.40. The summed E-state index contributed by atoms with van der Waals surface area (Å²) in [7, 11) is -3.69. The average molecular weight is 411 g/mol. The lowest BCUT2D eigenvalue weighted by Crippen LogP contribution is -2.00. The number of thiazole rings is 1. The number of aryl methyl sites for hydroxylation is 1. The number of rotatable bonds is 6. The maximum atomic E-state index is 12.8. The summed E-state index contributed by atoms with van der Waals surface area (Å²) in [4.78, 5) is 12.4. The first kappa shape index (κ1) is 18.6. The van der Waals surface area contributed by atoms with Crippen molar-refractivity contribution in [1.29, 1.82) is 0 Å². The fraction of sp³-hybridized carbons (Fsp3) is 0.188. The van der Waals surface area contributed by atoms with Crippen LogP contribution >= 0.6 is 22.9 Å². The highest BCUT2D eigenvalue weighted by atomic mass is 35.5. The Bertz CT molecular complexity index is 1020. The van der Waals surface area contributed by atoms with Crippen molar-refractivity contribution in [3.8, 4) is 5.75 Å². The van der Waals surface area contributed by atoms with Crippen LogP contribution < -0.4 is 10.1 Å². The molecule has 0 aliphatic heterocycles. The van der Waals surface area contributed by atoms with Crippen LogP contribution in [0.25, 0.3) is 0 Å². The van der Waals surface area contributed by atoms with Gasteiger partial charge < -0.3 is 10.1 Å². The molecule has 0 bridgehead atoms. The van der Waals surface area contributed by atoms with Crippen LogP contribution in [0.4, 0.5) is 10.9 Å². The van der Waals surface area contributed by atoms with Crippen LogP contribution in [0.2, 0.25) is 5.15 Å².